The maximum Gasteiger partial charge on any atom is 0.323 e. The number of hydrogen-bond donors (Lipinski definition) is 1. The number of aromatic nitrogens is 1. The molecule has 0 radical (unpaired) electrons. The molecule has 0 aliphatic carbocycles. The van der Waals surface area contributed by atoms with Crippen molar-refractivity contribution in [2.75, 3.05) is 13.1 Å². The fourth-order valence-electron chi connectivity index (χ4n) is 4.21. The summed E-state index contributed by atoms with van der Waals surface area (Å²) in [6.07, 6.45) is 2.47. The van der Waals surface area contributed by atoms with Gasteiger partial charge in [0.1, 0.15) is 12.3 Å². The van der Waals surface area contributed by atoms with Gasteiger partial charge in [-0.25, -0.2) is 8.42 Å². The van der Waals surface area contributed by atoms with Crippen LogP contribution in [-0.2, 0) is 21.4 Å². The van der Waals surface area contributed by atoms with Crippen LogP contribution in [0.15, 0.2) is 53.6 Å². The topological polar surface area (TPSA) is 88.8 Å². The highest BCUT2D eigenvalue weighted by atomic mass is 35.5. The van der Waals surface area contributed by atoms with E-state index >= 15 is 0 Å². The zero-order valence-corrected chi connectivity index (χ0v) is 19.4. The third kappa shape index (κ3) is 4.48. The number of halogens is 1. The van der Waals surface area contributed by atoms with Crippen LogP contribution < -0.4 is 4.74 Å². The minimum atomic E-state index is -3.65. The molecule has 0 bridgehead atoms. The lowest BCUT2D eigenvalue weighted by Crippen LogP contribution is -2.28. The minimum Gasteiger partial charge on any atom is -0.491 e. The highest BCUT2D eigenvalue weighted by molar-refractivity contribution is 7.89. The van der Waals surface area contributed by atoms with Gasteiger partial charge in [-0.15, -0.1) is 0 Å². The molecule has 0 amide bonds. The van der Waals surface area contributed by atoms with Crippen molar-refractivity contribution in [3.63, 3.8) is 0 Å². The fourth-order valence-corrected chi connectivity index (χ4v) is 5.88. The molecule has 1 saturated heterocycles. The van der Waals surface area contributed by atoms with Gasteiger partial charge in [0.25, 0.3) is 0 Å². The molecule has 1 fully saturated rings. The standard InChI is InChI=1S/C23H25ClN2O5S/c1-15(2)31-18-4-6-19(7-5-18)32(29,30)26-10-9-16(12-26)21-13-25(14-23(27)28)22-8-3-17(24)11-20(21)22/h3-8,11,13,15-16H,9-10,12,14H2,1-2H3,(H,27,28)/t16-/m0/s1. The molecule has 4 rings (SSSR count). The van der Waals surface area contributed by atoms with Gasteiger partial charge in [-0.1, -0.05) is 11.6 Å². The van der Waals surface area contributed by atoms with Crippen molar-refractivity contribution in [3.8, 4) is 5.75 Å². The van der Waals surface area contributed by atoms with Crippen LogP contribution in [0.1, 0.15) is 31.7 Å². The van der Waals surface area contributed by atoms with E-state index in [1.54, 1.807) is 41.0 Å². The molecule has 1 aromatic heterocycles. The van der Waals surface area contributed by atoms with E-state index in [0.29, 0.717) is 30.3 Å². The number of carboxylic acids is 1. The SMILES string of the molecule is CC(C)Oc1ccc(S(=O)(=O)N2CC[C@H](c3cn(CC(=O)O)c4ccc(Cl)cc34)C2)cc1. The Bertz CT molecular complexity index is 1250. The smallest absolute Gasteiger partial charge is 0.323 e. The summed E-state index contributed by atoms with van der Waals surface area (Å²) in [6.45, 7) is 4.37. The summed E-state index contributed by atoms with van der Waals surface area (Å²) in [5, 5.41) is 10.7. The number of ether oxygens (including phenoxy) is 1. The molecule has 1 aliphatic heterocycles. The Morgan fingerprint density at radius 2 is 1.94 bits per heavy atom. The van der Waals surface area contributed by atoms with Crippen molar-refractivity contribution in [2.45, 2.75) is 43.7 Å². The number of rotatable bonds is 7. The third-order valence-electron chi connectivity index (χ3n) is 5.60. The molecule has 2 aromatic carbocycles. The second kappa shape index (κ2) is 8.77. The molecule has 3 aromatic rings. The lowest BCUT2D eigenvalue weighted by atomic mass is 9.98. The number of hydrogen-bond acceptors (Lipinski definition) is 4. The summed E-state index contributed by atoms with van der Waals surface area (Å²) in [6, 6.07) is 11.8. The summed E-state index contributed by atoms with van der Waals surface area (Å²) in [4.78, 5) is 11.5. The average molecular weight is 477 g/mol. The van der Waals surface area contributed by atoms with Gasteiger partial charge in [0.15, 0.2) is 0 Å². The van der Waals surface area contributed by atoms with E-state index in [1.807, 2.05) is 26.1 Å². The van der Waals surface area contributed by atoms with E-state index in [4.69, 9.17) is 16.3 Å². The van der Waals surface area contributed by atoms with Crippen LogP contribution in [0.25, 0.3) is 10.9 Å². The predicted molar refractivity (Wildman–Crippen MR) is 123 cm³/mol. The Hall–Kier alpha value is -2.55. The van der Waals surface area contributed by atoms with E-state index in [9.17, 15) is 18.3 Å². The lowest BCUT2D eigenvalue weighted by molar-refractivity contribution is -0.137. The molecule has 0 spiro atoms. The molecule has 7 nitrogen and oxygen atoms in total. The summed E-state index contributed by atoms with van der Waals surface area (Å²) in [7, 11) is -3.65. The van der Waals surface area contributed by atoms with E-state index in [2.05, 4.69) is 0 Å². The van der Waals surface area contributed by atoms with Crippen LogP contribution in [0.4, 0.5) is 0 Å². The van der Waals surface area contributed by atoms with Gasteiger partial charge in [0.2, 0.25) is 10.0 Å². The number of nitrogens with zero attached hydrogens (tertiary/aromatic N) is 2. The Morgan fingerprint density at radius 3 is 2.59 bits per heavy atom. The molecular weight excluding hydrogens is 452 g/mol. The normalized spacial score (nSPS) is 17.3. The van der Waals surface area contributed by atoms with Crippen LogP contribution >= 0.6 is 11.6 Å². The van der Waals surface area contributed by atoms with E-state index in [0.717, 1.165) is 16.5 Å². The van der Waals surface area contributed by atoms with Crippen LogP contribution in [0.5, 0.6) is 5.75 Å². The number of aliphatic carboxylic acids is 1. The minimum absolute atomic E-state index is 0.00792. The maximum absolute atomic E-state index is 13.2. The van der Waals surface area contributed by atoms with Crippen molar-refractivity contribution < 1.29 is 23.1 Å². The highest BCUT2D eigenvalue weighted by Crippen LogP contribution is 2.37. The number of fused-ring (bicyclic) bond motifs is 1. The second-order valence-corrected chi connectivity index (χ2v) is 10.6. The quantitative estimate of drug-likeness (QED) is 0.547. The van der Waals surface area contributed by atoms with E-state index < -0.39 is 16.0 Å². The zero-order valence-electron chi connectivity index (χ0n) is 17.9. The zero-order chi connectivity index (χ0) is 23.0. The van der Waals surface area contributed by atoms with Gasteiger partial charge in [-0.2, -0.15) is 4.31 Å². The first-order chi connectivity index (χ1) is 15.1. The third-order valence-corrected chi connectivity index (χ3v) is 7.72. The van der Waals surface area contributed by atoms with Gasteiger partial charge in [-0.3, -0.25) is 4.79 Å². The number of sulfonamides is 1. The lowest BCUT2D eigenvalue weighted by Gasteiger charge is -2.17. The average Bonchev–Trinajstić information content (AvgIpc) is 3.33. The van der Waals surface area contributed by atoms with Gasteiger partial charge in [0, 0.05) is 41.1 Å². The largest absolute Gasteiger partial charge is 0.491 e. The maximum atomic E-state index is 13.2. The van der Waals surface area contributed by atoms with E-state index in [1.165, 1.54) is 4.31 Å². The Morgan fingerprint density at radius 1 is 1.22 bits per heavy atom. The molecule has 1 atom stereocenters. The molecule has 1 aliphatic rings. The van der Waals surface area contributed by atoms with Gasteiger partial charge >= 0.3 is 5.97 Å². The molecular formula is C23H25ClN2O5S. The number of carbonyl (C=O) groups is 1. The first-order valence-electron chi connectivity index (χ1n) is 10.4. The van der Waals surface area contributed by atoms with Crippen molar-refractivity contribution in [2.24, 2.45) is 0 Å². The Kier molecular flexibility index (Phi) is 6.20. The van der Waals surface area contributed by atoms with Crippen molar-refractivity contribution in [1.82, 2.24) is 8.87 Å². The summed E-state index contributed by atoms with van der Waals surface area (Å²) < 4.78 is 35.1. The molecule has 1 N–H and O–H groups in total. The van der Waals surface area contributed by atoms with Crippen LogP contribution in [0.3, 0.4) is 0 Å². The van der Waals surface area contributed by atoms with Crippen LogP contribution in [0, 0.1) is 0 Å². The summed E-state index contributed by atoms with van der Waals surface area (Å²) in [5.41, 5.74) is 1.69. The molecule has 0 unspecified atom stereocenters. The molecule has 0 saturated carbocycles. The van der Waals surface area contributed by atoms with Crippen molar-refractivity contribution in [1.29, 1.82) is 0 Å². The Balaban J connectivity index is 1.60. The molecule has 2 heterocycles. The summed E-state index contributed by atoms with van der Waals surface area (Å²) in [5.74, 6) is -0.366. The summed E-state index contributed by atoms with van der Waals surface area (Å²) >= 11 is 6.20. The first kappa shape index (κ1) is 22.6. The van der Waals surface area contributed by atoms with Gasteiger partial charge in [0.05, 0.1) is 11.0 Å². The molecule has 32 heavy (non-hydrogen) atoms. The van der Waals surface area contributed by atoms with Crippen LogP contribution in [-0.4, -0.2) is 47.6 Å². The van der Waals surface area contributed by atoms with Crippen molar-refractivity contribution >= 4 is 38.5 Å². The van der Waals surface area contributed by atoms with Gasteiger partial charge in [-0.05, 0) is 68.3 Å². The van der Waals surface area contributed by atoms with Gasteiger partial charge < -0.3 is 14.4 Å². The van der Waals surface area contributed by atoms with Crippen molar-refractivity contribution in [3.05, 3.63) is 59.2 Å². The predicted octanol–water partition coefficient (Wildman–Crippen LogP) is 4.34. The monoisotopic (exact) mass is 476 g/mol. The first-order valence-corrected chi connectivity index (χ1v) is 12.2. The second-order valence-electron chi connectivity index (χ2n) is 8.25. The number of benzene rings is 2. The highest BCUT2D eigenvalue weighted by Gasteiger charge is 2.34. The van der Waals surface area contributed by atoms with Crippen LogP contribution in [0.2, 0.25) is 5.02 Å². The molecule has 9 heteroatoms. The van der Waals surface area contributed by atoms with E-state index in [-0.39, 0.29) is 23.5 Å². The number of carboxylic acid groups (broad SMARTS) is 1. The Labute approximate surface area is 192 Å². The fraction of sp³-hybridized carbons (Fsp3) is 0.348. The molecule has 170 valence electrons.